The number of hydrogen-bond acceptors (Lipinski definition) is 2. The molecule has 34 heavy (non-hydrogen) atoms. The van der Waals surface area contributed by atoms with Gasteiger partial charge in [0.05, 0.1) is 11.5 Å². The molecular formula is C30H49O3P. The van der Waals surface area contributed by atoms with Crippen LogP contribution in [0.4, 0.5) is 0 Å². The van der Waals surface area contributed by atoms with Crippen LogP contribution < -0.4 is 0 Å². The van der Waals surface area contributed by atoms with Crippen molar-refractivity contribution in [1.29, 1.82) is 0 Å². The van der Waals surface area contributed by atoms with Crippen molar-refractivity contribution in [3.63, 3.8) is 0 Å². The van der Waals surface area contributed by atoms with E-state index in [2.05, 4.69) is 57.6 Å². The lowest BCUT2D eigenvalue weighted by molar-refractivity contribution is -0.245. The van der Waals surface area contributed by atoms with Gasteiger partial charge in [0.2, 0.25) is 0 Å². The highest BCUT2D eigenvalue weighted by Gasteiger charge is 2.72. The predicted octanol–water partition coefficient (Wildman–Crippen LogP) is 7.90. The van der Waals surface area contributed by atoms with Gasteiger partial charge in [-0.1, -0.05) is 46.8 Å². The molecule has 0 aromatic heterocycles. The van der Waals surface area contributed by atoms with Crippen LogP contribution in [0.15, 0.2) is 12.2 Å². The highest BCUT2D eigenvalue weighted by atomic mass is 31.0. The average molecular weight is 489 g/mol. The average Bonchev–Trinajstić information content (AvgIpc) is 3.15. The third kappa shape index (κ3) is 2.92. The summed E-state index contributed by atoms with van der Waals surface area (Å²) < 4.78 is 5.94. The van der Waals surface area contributed by atoms with Gasteiger partial charge in [-0.15, -0.1) is 0 Å². The van der Waals surface area contributed by atoms with E-state index in [4.69, 9.17) is 4.52 Å². The SMILES string of the molecule is C=C(C)C1CCC2(C(=O)O)CC[C@]3(C)[C@H](CC[C@@H]4[C@@]5(C)CC[C@H](OP)C(C)(C)[C@@H]5CC[C@]43C)C12. The van der Waals surface area contributed by atoms with E-state index in [1.165, 1.54) is 37.7 Å². The summed E-state index contributed by atoms with van der Waals surface area (Å²) in [7, 11) is 2.55. The number of carboxylic acid groups (broad SMARTS) is 1. The Morgan fingerprint density at radius 2 is 1.59 bits per heavy atom. The summed E-state index contributed by atoms with van der Waals surface area (Å²) in [4.78, 5) is 12.8. The smallest absolute Gasteiger partial charge is 0.309 e. The molecule has 4 heteroatoms. The Morgan fingerprint density at radius 1 is 0.882 bits per heavy atom. The minimum atomic E-state index is -0.524. The highest BCUT2D eigenvalue weighted by molar-refractivity contribution is 7.09. The van der Waals surface area contributed by atoms with Gasteiger partial charge in [0.25, 0.3) is 0 Å². The maximum Gasteiger partial charge on any atom is 0.309 e. The molecule has 5 aliphatic carbocycles. The molecule has 1 N–H and O–H groups in total. The van der Waals surface area contributed by atoms with Crippen LogP contribution in [0.5, 0.6) is 0 Å². The molecule has 5 aliphatic rings. The van der Waals surface area contributed by atoms with Crippen LogP contribution in [-0.4, -0.2) is 17.2 Å². The maximum absolute atomic E-state index is 12.8. The third-order valence-corrected chi connectivity index (χ3v) is 13.9. The molecule has 3 nitrogen and oxygen atoms in total. The van der Waals surface area contributed by atoms with Gasteiger partial charge in [-0.25, -0.2) is 0 Å². The standard InChI is InChI=1S/C30H49O3P/c1-18(2)19-10-15-30(25(31)32)17-16-28(6)20(24(19)30)8-9-22-27(5)13-12-23(33-34)26(3,4)21(27)11-14-29(22,28)7/h19-24H,1,8-17,34H2,2-7H3,(H,31,32)/t19?,20-,21+,22-,23+,24?,27+,28-,29-,30?/m1/s1. The molecule has 192 valence electrons. The van der Waals surface area contributed by atoms with Gasteiger partial charge in [0.15, 0.2) is 0 Å². The summed E-state index contributed by atoms with van der Waals surface area (Å²) in [6.45, 7) is 19.3. The van der Waals surface area contributed by atoms with Crippen molar-refractivity contribution in [2.45, 2.75) is 112 Å². The zero-order chi connectivity index (χ0) is 24.9. The van der Waals surface area contributed by atoms with Gasteiger partial charge >= 0.3 is 5.97 Å². The first-order valence-electron chi connectivity index (χ1n) is 14.0. The third-order valence-electron chi connectivity index (χ3n) is 13.6. The molecule has 4 unspecified atom stereocenters. The first-order chi connectivity index (χ1) is 15.8. The molecule has 0 amide bonds. The van der Waals surface area contributed by atoms with Crippen molar-refractivity contribution < 1.29 is 14.4 Å². The molecule has 0 saturated heterocycles. The van der Waals surface area contributed by atoms with Gasteiger partial charge in [0.1, 0.15) is 0 Å². The lowest BCUT2D eigenvalue weighted by atomic mass is 9.32. The molecule has 5 fully saturated rings. The van der Waals surface area contributed by atoms with E-state index in [0.717, 1.165) is 32.1 Å². The summed E-state index contributed by atoms with van der Waals surface area (Å²) in [6.07, 6.45) is 11.6. The van der Waals surface area contributed by atoms with Crippen molar-refractivity contribution >= 4 is 15.4 Å². The zero-order valence-electron chi connectivity index (χ0n) is 22.6. The second kappa shape index (κ2) is 7.80. The van der Waals surface area contributed by atoms with Crippen LogP contribution >= 0.6 is 9.47 Å². The van der Waals surface area contributed by atoms with Gasteiger partial charge < -0.3 is 9.63 Å². The fraction of sp³-hybridized carbons (Fsp3) is 0.900. The van der Waals surface area contributed by atoms with Gasteiger partial charge in [-0.2, -0.15) is 0 Å². The Hall–Kier alpha value is -0.400. The summed E-state index contributed by atoms with van der Waals surface area (Å²) >= 11 is 0. The van der Waals surface area contributed by atoms with Crippen LogP contribution in [0, 0.1) is 56.7 Å². The van der Waals surface area contributed by atoms with Crippen molar-refractivity contribution in [3.8, 4) is 0 Å². The lowest BCUT2D eigenvalue weighted by Crippen LogP contribution is -2.67. The van der Waals surface area contributed by atoms with E-state index in [0.29, 0.717) is 35.2 Å². The van der Waals surface area contributed by atoms with Crippen molar-refractivity contribution in [3.05, 3.63) is 12.2 Å². The van der Waals surface area contributed by atoms with Gasteiger partial charge in [-0.05, 0) is 122 Å². The molecule has 0 aliphatic heterocycles. The Balaban J connectivity index is 1.55. The van der Waals surface area contributed by atoms with Gasteiger partial charge in [0, 0.05) is 9.47 Å². The van der Waals surface area contributed by atoms with Crippen molar-refractivity contribution in [2.24, 2.45) is 56.7 Å². The Bertz CT molecular complexity index is 882. The normalized spacial score (nSPS) is 53.7. The molecule has 0 radical (unpaired) electrons. The maximum atomic E-state index is 12.8. The first-order valence-corrected chi connectivity index (χ1v) is 14.5. The zero-order valence-corrected chi connectivity index (χ0v) is 23.7. The predicted molar refractivity (Wildman–Crippen MR) is 141 cm³/mol. The van der Waals surface area contributed by atoms with E-state index < -0.39 is 11.4 Å². The minimum Gasteiger partial charge on any atom is -0.481 e. The molecule has 0 aromatic carbocycles. The summed E-state index contributed by atoms with van der Waals surface area (Å²) in [6, 6.07) is 0. The topological polar surface area (TPSA) is 46.5 Å². The summed E-state index contributed by atoms with van der Waals surface area (Å²) in [5, 5.41) is 10.5. The summed E-state index contributed by atoms with van der Waals surface area (Å²) in [5.41, 5.74) is 1.72. The van der Waals surface area contributed by atoms with E-state index >= 15 is 0 Å². The Kier molecular flexibility index (Phi) is 5.79. The van der Waals surface area contributed by atoms with Crippen LogP contribution in [0.25, 0.3) is 0 Å². The number of fused-ring (bicyclic) bond motifs is 7. The fourth-order valence-corrected chi connectivity index (χ4v) is 12.2. The molecule has 0 bridgehead atoms. The Labute approximate surface area is 210 Å². The summed E-state index contributed by atoms with van der Waals surface area (Å²) in [5.74, 6) is 2.02. The molecule has 11 atom stereocenters. The quantitative estimate of drug-likeness (QED) is 0.324. The number of hydrogen-bond donors (Lipinski definition) is 1. The number of carboxylic acids is 1. The number of carbonyl (C=O) groups is 1. The van der Waals surface area contributed by atoms with Crippen LogP contribution in [-0.2, 0) is 9.32 Å². The molecule has 5 saturated carbocycles. The lowest BCUT2D eigenvalue weighted by Gasteiger charge is -2.72. The van der Waals surface area contributed by atoms with Crippen LogP contribution in [0.2, 0.25) is 0 Å². The van der Waals surface area contributed by atoms with E-state index in [-0.39, 0.29) is 22.2 Å². The van der Waals surface area contributed by atoms with Crippen LogP contribution in [0.1, 0.15) is 106 Å². The molecule has 5 rings (SSSR count). The highest BCUT2D eigenvalue weighted by Crippen LogP contribution is 2.77. The number of rotatable bonds is 3. The van der Waals surface area contributed by atoms with Gasteiger partial charge in [-0.3, -0.25) is 4.79 Å². The number of allylic oxidation sites excluding steroid dienone is 1. The van der Waals surface area contributed by atoms with Crippen LogP contribution in [0.3, 0.4) is 0 Å². The second-order valence-electron chi connectivity index (χ2n) is 14.6. The van der Waals surface area contributed by atoms with Crippen molar-refractivity contribution in [2.75, 3.05) is 0 Å². The van der Waals surface area contributed by atoms with Crippen molar-refractivity contribution in [1.82, 2.24) is 0 Å². The largest absolute Gasteiger partial charge is 0.481 e. The molecule has 0 heterocycles. The second-order valence-corrected chi connectivity index (χ2v) is 14.9. The molecule has 0 aromatic rings. The van der Waals surface area contributed by atoms with E-state index in [1.54, 1.807) is 0 Å². The minimum absolute atomic E-state index is 0.190. The fourth-order valence-electron chi connectivity index (χ4n) is 11.7. The Morgan fingerprint density at radius 3 is 2.21 bits per heavy atom. The first kappa shape index (κ1) is 25.3. The molecular weight excluding hydrogens is 439 g/mol. The monoisotopic (exact) mass is 488 g/mol. The number of aliphatic carboxylic acids is 1. The molecule has 0 spiro atoms. The van der Waals surface area contributed by atoms with E-state index in [1.807, 2.05) is 0 Å². The van der Waals surface area contributed by atoms with E-state index in [9.17, 15) is 9.90 Å².